The Morgan fingerprint density at radius 2 is 1.24 bits per heavy atom. The van der Waals surface area contributed by atoms with E-state index in [4.69, 9.17) is 0 Å². The second-order valence-corrected chi connectivity index (χ2v) is 8.62. The van der Waals surface area contributed by atoms with Gasteiger partial charge in [0.2, 0.25) is 0 Å². The molecular formula is C16H9N4Na3O9S2. The Kier molecular flexibility index (Phi) is 12.8. The average Bonchev–Trinajstić information content (AvgIpc) is 3.02. The minimum absolute atomic E-state index is 0. The van der Waals surface area contributed by atoms with Crippen molar-refractivity contribution in [2.75, 3.05) is 0 Å². The first-order valence-electron chi connectivity index (χ1n) is 7.98. The fraction of sp³-hybridized carbons (Fsp3) is 0. The molecule has 0 spiro atoms. The number of carboxylic acid groups (broad SMARTS) is 1. The van der Waals surface area contributed by atoms with E-state index in [1.165, 1.54) is 0 Å². The molecule has 0 saturated carbocycles. The number of carboxylic acids is 1. The Morgan fingerprint density at radius 1 is 0.794 bits per heavy atom. The van der Waals surface area contributed by atoms with E-state index >= 15 is 0 Å². The number of hydrogen-bond acceptors (Lipinski definition) is 11. The van der Waals surface area contributed by atoms with Crippen molar-refractivity contribution < 1.29 is 125 Å². The summed E-state index contributed by atoms with van der Waals surface area (Å²) >= 11 is 0. The molecule has 0 unspecified atom stereocenters. The molecule has 3 rings (SSSR count). The van der Waals surface area contributed by atoms with Crippen LogP contribution >= 0.6 is 0 Å². The van der Waals surface area contributed by atoms with Gasteiger partial charge < -0.3 is 19.0 Å². The summed E-state index contributed by atoms with van der Waals surface area (Å²) in [7, 11) is -9.40. The predicted molar refractivity (Wildman–Crippen MR) is 97.3 cm³/mol. The summed E-state index contributed by atoms with van der Waals surface area (Å²) in [5.74, 6) is -1.80. The normalized spacial score (nSPS) is 11.2. The minimum Gasteiger partial charge on any atom is -0.744 e. The van der Waals surface area contributed by atoms with Gasteiger partial charge in [-0.1, -0.05) is 0 Å². The number of carbonyl (C=O) groups excluding carboxylic acids is 1. The number of rotatable bonds is 6. The largest absolute Gasteiger partial charge is 1.00 e. The van der Waals surface area contributed by atoms with Crippen molar-refractivity contribution in [3.8, 4) is 5.69 Å². The third-order valence-electron chi connectivity index (χ3n) is 3.84. The Morgan fingerprint density at radius 3 is 1.65 bits per heavy atom. The Labute approximate surface area is 259 Å². The predicted octanol–water partition coefficient (Wildman–Crippen LogP) is -9.24. The van der Waals surface area contributed by atoms with E-state index < -0.39 is 52.9 Å². The van der Waals surface area contributed by atoms with Gasteiger partial charge in [-0.25, -0.2) is 21.5 Å². The molecule has 0 aliphatic heterocycles. The number of hydrogen-bond donors (Lipinski definition) is 1. The summed E-state index contributed by atoms with van der Waals surface area (Å²) in [6.07, 6.45) is 0. The first-order chi connectivity index (χ1) is 14.4. The van der Waals surface area contributed by atoms with Crippen LogP contribution in [-0.2, 0) is 20.2 Å². The minimum atomic E-state index is -4.72. The number of benzene rings is 2. The summed E-state index contributed by atoms with van der Waals surface area (Å²) < 4.78 is 66.5. The van der Waals surface area contributed by atoms with Crippen molar-refractivity contribution in [3.63, 3.8) is 0 Å². The maximum Gasteiger partial charge on any atom is 1.00 e. The summed E-state index contributed by atoms with van der Waals surface area (Å²) in [4.78, 5) is 22.8. The monoisotopic (exact) mass is 534 g/mol. The molecule has 0 atom stereocenters. The van der Waals surface area contributed by atoms with Gasteiger partial charge in [0.15, 0.2) is 5.69 Å². The van der Waals surface area contributed by atoms with Crippen molar-refractivity contribution in [1.29, 1.82) is 0 Å². The quantitative estimate of drug-likeness (QED) is 0.180. The van der Waals surface area contributed by atoms with Crippen LogP contribution in [0.15, 0.2) is 73.3 Å². The first-order valence-corrected chi connectivity index (χ1v) is 10.8. The summed E-state index contributed by atoms with van der Waals surface area (Å²) in [5.41, 5.74) is -2.39. The summed E-state index contributed by atoms with van der Waals surface area (Å²) in [6.45, 7) is 0. The number of aromatic nitrogens is 2. The van der Waals surface area contributed by atoms with Crippen LogP contribution in [0.25, 0.3) is 5.69 Å². The number of aromatic carboxylic acids is 1. The zero-order valence-corrected chi connectivity index (χ0v) is 25.6. The Bertz CT molecular complexity index is 1470. The van der Waals surface area contributed by atoms with Gasteiger partial charge in [0.1, 0.15) is 25.9 Å². The molecule has 0 aliphatic carbocycles. The zero-order valence-electron chi connectivity index (χ0n) is 18.0. The second kappa shape index (κ2) is 13.0. The van der Waals surface area contributed by atoms with Gasteiger partial charge in [-0.05, 0) is 48.5 Å². The molecule has 0 aliphatic rings. The summed E-state index contributed by atoms with van der Waals surface area (Å²) in [6, 6.07) is 8.16. The molecule has 1 aromatic heterocycles. The van der Waals surface area contributed by atoms with Gasteiger partial charge in [-0.15, -0.1) is 5.11 Å². The molecule has 0 saturated heterocycles. The van der Waals surface area contributed by atoms with Crippen LogP contribution in [-0.4, -0.2) is 41.7 Å². The van der Waals surface area contributed by atoms with E-state index in [9.17, 15) is 40.6 Å². The average molecular weight is 534 g/mol. The van der Waals surface area contributed by atoms with Crippen LogP contribution in [0.5, 0.6) is 0 Å². The van der Waals surface area contributed by atoms with E-state index in [-0.39, 0.29) is 100 Å². The molecule has 13 nitrogen and oxygen atoms in total. The molecule has 3 aromatic rings. The summed E-state index contributed by atoms with van der Waals surface area (Å²) in [5, 5.41) is 20.8. The number of nitrogens with one attached hydrogen (secondary N) is 1. The van der Waals surface area contributed by atoms with E-state index in [0.717, 1.165) is 48.5 Å². The van der Waals surface area contributed by atoms with Crippen LogP contribution in [0.1, 0.15) is 10.5 Å². The van der Waals surface area contributed by atoms with Crippen molar-refractivity contribution >= 4 is 37.6 Å². The maximum atomic E-state index is 12.6. The van der Waals surface area contributed by atoms with Crippen LogP contribution in [0.2, 0.25) is 0 Å². The van der Waals surface area contributed by atoms with Crippen LogP contribution < -0.4 is 99.3 Å². The molecule has 0 radical (unpaired) electrons. The third-order valence-corrected chi connectivity index (χ3v) is 5.54. The number of nitrogens with zero attached hydrogens (tertiary/aromatic N) is 3. The van der Waals surface area contributed by atoms with E-state index in [1.807, 2.05) is 0 Å². The van der Waals surface area contributed by atoms with Crippen LogP contribution in [0, 0.1) is 0 Å². The van der Waals surface area contributed by atoms with Crippen LogP contribution in [0.4, 0.5) is 11.4 Å². The SMILES string of the molecule is O=C([O-])c1[nH]n(-c2ccc(S(=O)(=O)[O-])cc2)c(=O)c1/N=N/c1ccc(S(=O)(=O)[O-])cc1.[Na+].[Na+].[Na+]. The molecule has 162 valence electrons. The van der Waals surface area contributed by atoms with E-state index in [1.54, 1.807) is 0 Å². The molecular weight excluding hydrogens is 525 g/mol. The number of azo groups is 1. The fourth-order valence-electron chi connectivity index (χ4n) is 2.39. The van der Waals surface area contributed by atoms with E-state index in [0.29, 0.717) is 4.68 Å². The van der Waals surface area contributed by atoms with Crippen molar-refractivity contribution in [2.24, 2.45) is 10.2 Å². The molecule has 34 heavy (non-hydrogen) atoms. The second-order valence-electron chi connectivity index (χ2n) is 5.86. The molecule has 2 aromatic carbocycles. The Balaban J connectivity index is 0.00000363. The molecule has 18 heteroatoms. The standard InChI is InChI=1S/C16H12N4O9S2.3Na/c21-15-13(18-17-9-1-5-11(6-2-9)30(24,25)26)14(16(22)23)19-20(15)10-3-7-12(8-4-10)31(27,28)29;;;/h1-8,19H,(H,22,23)(H,24,25,26)(H,27,28,29);;;/q;3*+1/p-3/b18-17+;;;. The third kappa shape index (κ3) is 7.92. The van der Waals surface area contributed by atoms with Gasteiger partial charge in [-0.2, -0.15) is 5.11 Å². The van der Waals surface area contributed by atoms with Gasteiger partial charge in [0.25, 0.3) is 5.56 Å². The smallest absolute Gasteiger partial charge is 0.744 e. The number of carbonyl (C=O) groups is 1. The zero-order chi connectivity index (χ0) is 23.0. The van der Waals surface area contributed by atoms with Crippen molar-refractivity contribution in [2.45, 2.75) is 9.79 Å². The molecule has 0 bridgehead atoms. The topological polar surface area (TPSA) is 217 Å². The van der Waals surface area contributed by atoms with E-state index in [2.05, 4.69) is 15.3 Å². The number of aromatic amines is 1. The number of H-pyrrole nitrogens is 1. The molecule has 1 N–H and O–H groups in total. The van der Waals surface area contributed by atoms with Gasteiger partial charge in [0, 0.05) is 0 Å². The maximum absolute atomic E-state index is 12.6. The van der Waals surface area contributed by atoms with Gasteiger partial charge >= 0.3 is 88.7 Å². The molecule has 0 fully saturated rings. The fourth-order valence-corrected chi connectivity index (χ4v) is 3.33. The molecule has 1 heterocycles. The van der Waals surface area contributed by atoms with Gasteiger partial charge in [-0.3, -0.25) is 9.89 Å². The van der Waals surface area contributed by atoms with Gasteiger partial charge in [0.05, 0.1) is 27.1 Å². The first kappa shape index (κ1) is 33.3. The molecule has 0 amide bonds. The van der Waals surface area contributed by atoms with Crippen molar-refractivity contribution in [3.05, 3.63) is 64.6 Å². The Hall–Kier alpha value is -0.660. The van der Waals surface area contributed by atoms with Crippen LogP contribution in [0.3, 0.4) is 0 Å². The van der Waals surface area contributed by atoms with Crippen molar-refractivity contribution in [1.82, 2.24) is 9.78 Å².